The van der Waals surface area contributed by atoms with Crippen molar-refractivity contribution in [1.29, 1.82) is 0 Å². The van der Waals surface area contributed by atoms with Gasteiger partial charge in [0.1, 0.15) is 23.4 Å². The SMILES string of the molecule is CCc1oc2ccccc2c1CN(C)C(=O)CN1C(=O)N(C)C2(CCCCC2)C1=O. The number of urea groups is 1. The number of carbonyl (C=O) groups is 3. The van der Waals surface area contributed by atoms with Gasteiger partial charge in [-0.1, -0.05) is 44.4 Å². The van der Waals surface area contributed by atoms with Crippen LogP contribution in [-0.4, -0.2) is 58.7 Å². The number of para-hydroxylation sites is 1. The Kier molecular flexibility index (Phi) is 5.30. The number of hydrogen-bond donors (Lipinski definition) is 0. The third-order valence-corrected chi connectivity index (χ3v) is 6.70. The second-order valence-electron chi connectivity index (χ2n) is 8.43. The van der Waals surface area contributed by atoms with Crippen LogP contribution in [0.2, 0.25) is 0 Å². The highest BCUT2D eigenvalue weighted by atomic mass is 16.3. The first-order valence-corrected chi connectivity index (χ1v) is 10.7. The molecule has 1 aliphatic carbocycles. The Morgan fingerprint density at radius 3 is 2.57 bits per heavy atom. The topological polar surface area (TPSA) is 74.1 Å². The Morgan fingerprint density at radius 1 is 1.17 bits per heavy atom. The van der Waals surface area contributed by atoms with Gasteiger partial charge in [-0.15, -0.1) is 0 Å². The first-order chi connectivity index (χ1) is 14.4. The fourth-order valence-corrected chi connectivity index (χ4v) is 4.86. The van der Waals surface area contributed by atoms with Gasteiger partial charge in [-0.3, -0.25) is 14.5 Å². The van der Waals surface area contributed by atoms with Crippen molar-refractivity contribution in [3.8, 4) is 0 Å². The molecule has 1 aliphatic heterocycles. The summed E-state index contributed by atoms with van der Waals surface area (Å²) in [7, 11) is 3.39. The van der Waals surface area contributed by atoms with Crippen molar-refractivity contribution in [2.75, 3.05) is 20.6 Å². The molecule has 2 aromatic rings. The van der Waals surface area contributed by atoms with Crippen molar-refractivity contribution >= 4 is 28.8 Å². The van der Waals surface area contributed by atoms with Gasteiger partial charge >= 0.3 is 6.03 Å². The monoisotopic (exact) mass is 411 g/mol. The molecule has 2 fully saturated rings. The van der Waals surface area contributed by atoms with E-state index < -0.39 is 5.54 Å². The van der Waals surface area contributed by atoms with Gasteiger partial charge in [0.25, 0.3) is 5.91 Å². The lowest BCUT2D eigenvalue weighted by atomic mass is 9.81. The summed E-state index contributed by atoms with van der Waals surface area (Å²) in [5.41, 5.74) is 1.02. The minimum absolute atomic E-state index is 0.223. The van der Waals surface area contributed by atoms with E-state index in [1.807, 2.05) is 31.2 Å². The minimum atomic E-state index is -0.760. The maximum absolute atomic E-state index is 13.1. The van der Waals surface area contributed by atoms with E-state index >= 15 is 0 Å². The first-order valence-electron chi connectivity index (χ1n) is 10.7. The third kappa shape index (κ3) is 3.16. The zero-order valence-electron chi connectivity index (χ0n) is 17.9. The summed E-state index contributed by atoms with van der Waals surface area (Å²) in [6.07, 6.45) is 5.02. The molecular weight excluding hydrogens is 382 g/mol. The Bertz CT molecular complexity index is 989. The van der Waals surface area contributed by atoms with Crippen LogP contribution >= 0.6 is 0 Å². The smallest absolute Gasteiger partial charge is 0.327 e. The van der Waals surface area contributed by atoms with Crippen LogP contribution in [-0.2, 0) is 22.6 Å². The molecule has 30 heavy (non-hydrogen) atoms. The van der Waals surface area contributed by atoms with E-state index in [9.17, 15) is 14.4 Å². The van der Waals surface area contributed by atoms with Crippen LogP contribution in [0.3, 0.4) is 0 Å². The number of likely N-dealkylation sites (N-methyl/N-ethyl adjacent to an activating group) is 2. The van der Waals surface area contributed by atoms with Gasteiger partial charge in [0.05, 0.1) is 0 Å². The van der Waals surface area contributed by atoms with Gasteiger partial charge in [-0.25, -0.2) is 4.79 Å². The van der Waals surface area contributed by atoms with E-state index in [2.05, 4.69) is 0 Å². The number of aryl methyl sites for hydroxylation is 1. The van der Waals surface area contributed by atoms with Crippen molar-refractivity contribution in [2.24, 2.45) is 0 Å². The van der Waals surface area contributed by atoms with Crippen molar-refractivity contribution in [1.82, 2.24) is 14.7 Å². The van der Waals surface area contributed by atoms with Crippen LogP contribution in [0.4, 0.5) is 4.79 Å². The van der Waals surface area contributed by atoms with E-state index in [-0.39, 0.29) is 24.4 Å². The standard InChI is InChI=1S/C23H29N3O4/c1-4-18-17(16-10-6-7-11-19(16)30-18)14-24(2)20(27)15-26-21(28)23(25(3)22(26)29)12-8-5-9-13-23/h6-7,10-11H,4-5,8-9,12-15H2,1-3H3. The third-order valence-electron chi connectivity index (χ3n) is 6.70. The molecule has 2 aliphatic rings. The average molecular weight is 412 g/mol. The highest BCUT2D eigenvalue weighted by Gasteiger charge is 2.55. The molecular formula is C23H29N3O4. The summed E-state index contributed by atoms with van der Waals surface area (Å²) in [5, 5.41) is 0.989. The molecule has 1 aromatic carbocycles. The lowest BCUT2D eigenvalue weighted by molar-refractivity contribution is -0.140. The lowest BCUT2D eigenvalue weighted by Crippen LogP contribution is -2.49. The predicted molar refractivity (Wildman–Crippen MR) is 113 cm³/mol. The molecule has 1 saturated carbocycles. The molecule has 0 N–H and O–H groups in total. The number of imide groups is 1. The molecule has 1 aromatic heterocycles. The fraction of sp³-hybridized carbons (Fsp3) is 0.522. The summed E-state index contributed by atoms with van der Waals surface area (Å²) in [6, 6.07) is 7.41. The Labute approximate surface area is 176 Å². The zero-order chi connectivity index (χ0) is 21.5. The van der Waals surface area contributed by atoms with Crippen molar-refractivity contribution < 1.29 is 18.8 Å². The highest BCUT2D eigenvalue weighted by Crippen LogP contribution is 2.39. The molecule has 1 saturated heterocycles. The Morgan fingerprint density at radius 2 is 1.87 bits per heavy atom. The highest BCUT2D eigenvalue weighted by molar-refractivity contribution is 6.09. The largest absolute Gasteiger partial charge is 0.461 e. The minimum Gasteiger partial charge on any atom is -0.461 e. The van der Waals surface area contributed by atoms with Gasteiger partial charge in [0.15, 0.2) is 0 Å². The average Bonchev–Trinajstić information content (AvgIpc) is 3.20. The Balaban J connectivity index is 1.50. The number of rotatable bonds is 5. The normalized spacial score (nSPS) is 18.6. The molecule has 7 heteroatoms. The summed E-state index contributed by atoms with van der Waals surface area (Å²) in [6.45, 7) is 2.16. The first kappa shape index (κ1) is 20.4. The second kappa shape index (κ2) is 7.78. The number of benzene rings is 1. The van der Waals surface area contributed by atoms with E-state index in [1.54, 1.807) is 23.9 Å². The molecule has 0 unspecified atom stereocenters. The van der Waals surface area contributed by atoms with Gasteiger partial charge in [-0.2, -0.15) is 0 Å². The molecule has 160 valence electrons. The van der Waals surface area contributed by atoms with Gasteiger partial charge in [0, 0.05) is 38.0 Å². The molecule has 0 bridgehead atoms. The van der Waals surface area contributed by atoms with Gasteiger partial charge in [0.2, 0.25) is 5.91 Å². The molecule has 0 atom stereocenters. The van der Waals surface area contributed by atoms with Crippen molar-refractivity contribution in [2.45, 2.75) is 57.5 Å². The van der Waals surface area contributed by atoms with Crippen molar-refractivity contribution in [3.05, 3.63) is 35.6 Å². The van der Waals surface area contributed by atoms with Crippen LogP contribution < -0.4 is 0 Å². The number of furan rings is 1. The maximum Gasteiger partial charge on any atom is 0.327 e. The lowest BCUT2D eigenvalue weighted by Gasteiger charge is -2.35. The summed E-state index contributed by atoms with van der Waals surface area (Å²) in [4.78, 5) is 43.1. The number of carbonyl (C=O) groups excluding carboxylic acids is 3. The van der Waals surface area contributed by atoms with E-state index in [1.165, 1.54) is 0 Å². The fourth-order valence-electron chi connectivity index (χ4n) is 4.86. The van der Waals surface area contributed by atoms with Gasteiger partial charge < -0.3 is 14.2 Å². The molecule has 1 spiro atoms. The van der Waals surface area contributed by atoms with E-state index in [0.717, 1.165) is 52.9 Å². The summed E-state index contributed by atoms with van der Waals surface area (Å²) >= 11 is 0. The van der Waals surface area contributed by atoms with E-state index in [0.29, 0.717) is 19.4 Å². The quantitative estimate of drug-likeness (QED) is 0.705. The Hall–Kier alpha value is -2.83. The molecule has 4 amide bonds. The maximum atomic E-state index is 13.1. The zero-order valence-corrected chi connectivity index (χ0v) is 17.9. The van der Waals surface area contributed by atoms with E-state index in [4.69, 9.17) is 4.42 Å². The van der Waals surface area contributed by atoms with Gasteiger partial charge in [-0.05, 0) is 18.9 Å². The molecule has 7 nitrogen and oxygen atoms in total. The second-order valence-corrected chi connectivity index (χ2v) is 8.43. The predicted octanol–water partition coefficient (Wildman–Crippen LogP) is 3.55. The van der Waals surface area contributed by atoms with Crippen LogP contribution in [0.1, 0.15) is 50.4 Å². The number of nitrogens with zero attached hydrogens (tertiary/aromatic N) is 3. The van der Waals surface area contributed by atoms with Crippen LogP contribution in [0.25, 0.3) is 11.0 Å². The number of amides is 4. The van der Waals surface area contributed by atoms with Crippen molar-refractivity contribution in [3.63, 3.8) is 0 Å². The number of hydrogen-bond acceptors (Lipinski definition) is 4. The summed E-state index contributed by atoms with van der Waals surface area (Å²) in [5.74, 6) is 0.370. The van der Waals surface area contributed by atoms with Crippen LogP contribution in [0.5, 0.6) is 0 Å². The molecule has 2 heterocycles. The summed E-state index contributed by atoms with van der Waals surface area (Å²) < 4.78 is 5.92. The number of fused-ring (bicyclic) bond motifs is 1. The van der Waals surface area contributed by atoms with Crippen LogP contribution in [0, 0.1) is 0 Å². The molecule has 4 rings (SSSR count). The molecule has 0 radical (unpaired) electrons. The van der Waals surface area contributed by atoms with Crippen LogP contribution in [0.15, 0.2) is 28.7 Å².